The maximum absolute atomic E-state index is 11.6. The minimum Gasteiger partial charge on any atom is -0.550 e. The molecule has 16 heavy (non-hydrogen) atoms. The molecule has 7 heteroatoms. The maximum Gasteiger partial charge on any atom is 0.240 e. The number of carboxylic acids is 1. The van der Waals surface area contributed by atoms with Crippen molar-refractivity contribution in [2.45, 2.75) is 11.3 Å². The first-order chi connectivity index (χ1) is 7.42. The molecule has 0 atom stereocenters. The van der Waals surface area contributed by atoms with Crippen LogP contribution in [0.4, 0.5) is 0 Å². The van der Waals surface area contributed by atoms with Gasteiger partial charge in [0.1, 0.15) is 0 Å². The number of nitrogens with one attached hydrogen (secondary N) is 1. The van der Waals surface area contributed by atoms with Crippen molar-refractivity contribution in [3.05, 3.63) is 27.8 Å². The number of carbonyl (C=O) groups is 1. The topological polar surface area (TPSA) is 86.3 Å². The van der Waals surface area contributed by atoms with Crippen molar-refractivity contribution >= 4 is 38.6 Å². The van der Waals surface area contributed by atoms with E-state index in [1.807, 2.05) is 0 Å². The van der Waals surface area contributed by atoms with Gasteiger partial charge in [0.15, 0.2) is 0 Å². The minimum atomic E-state index is -3.62. The van der Waals surface area contributed by atoms with Gasteiger partial charge < -0.3 is 9.90 Å². The summed E-state index contributed by atoms with van der Waals surface area (Å²) in [6, 6.07) is 6.24. The summed E-state index contributed by atoms with van der Waals surface area (Å²) >= 11 is 2.06. The average molecular weight is 354 g/mol. The smallest absolute Gasteiger partial charge is 0.240 e. The van der Waals surface area contributed by atoms with Gasteiger partial charge in [-0.2, -0.15) is 0 Å². The second kappa shape index (κ2) is 5.60. The molecule has 0 bridgehead atoms. The zero-order valence-electron chi connectivity index (χ0n) is 8.14. The van der Waals surface area contributed by atoms with Gasteiger partial charge in [0.25, 0.3) is 0 Å². The fourth-order valence-corrected chi connectivity index (χ4v) is 2.38. The van der Waals surface area contributed by atoms with Crippen LogP contribution in [0.25, 0.3) is 0 Å². The van der Waals surface area contributed by atoms with E-state index in [-0.39, 0.29) is 17.9 Å². The van der Waals surface area contributed by atoms with Crippen LogP contribution in [0.1, 0.15) is 6.42 Å². The number of sulfonamides is 1. The quantitative estimate of drug-likeness (QED) is 0.737. The van der Waals surface area contributed by atoms with Crippen molar-refractivity contribution in [3.63, 3.8) is 0 Å². The van der Waals surface area contributed by atoms with Crippen molar-refractivity contribution in [2.24, 2.45) is 0 Å². The Hall–Kier alpha value is -0.670. The van der Waals surface area contributed by atoms with Crippen molar-refractivity contribution < 1.29 is 18.3 Å². The molecule has 0 unspecified atom stereocenters. The fourth-order valence-electron chi connectivity index (χ4n) is 0.985. The van der Waals surface area contributed by atoms with E-state index in [9.17, 15) is 18.3 Å². The van der Waals surface area contributed by atoms with Crippen LogP contribution in [0, 0.1) is 3.57 Å². The Labute approximate surface area is 107 Å². The van der Waals surface area contributed by atoms with Gasteiger partial charge in [0, 0.05) is 22.5 Å². The Morgan fingerprint density at radius 2 is 1.88 bits per heavy atom. The number of aliphatic carboxylic acids is 1. The van der Waals surface area contributed by atoms with E-state index in [0.717, 1.165) is 3.57 Å². The summed E-state index contributed by atoms with van der Waals surface area (Å²) in [6.07, 6.45) is -0.344. The molecule has 1 aromatic carbocycles. The Bertz CT molecular complexity index is 469. The largest absolute Gasteiger partial charge is 0.550 e. The molecule has 0 saturated heterocycles. The molecule has 1 rings (SSSR count). The number of hydrogen-bond donors (Lipinski definition) is 1. The van der Waals surface area contributed by atoms with Crippen LogP contribution in [0.2, 0.25) is 0 Å². The van der Waals surface area contributed by atoms with E-state index in [1.165, 1.54) is 12.1 Å². The van der Waals surface area contributed by atoms with Crippen LogP contribution in [0.5, 0.6) is 0 Å². The molecule has 1 aromatic rings. The first-order valence-electron chi connectivity index (χ1n) is 4.37. The molecule has 0 amide bonds. The molecule has 0 fully saturated rings. The van der Waals surface area contributed by atoms with E-state index in [1.54, 1.807) is 12.1 Å². The second-order valence-corrected chi connectivity index (χ2v) is 5.99. The van der Waals surface area contributed by atoms with Gasteiger partial charge in [-0.15, -0.1) is 0 Å². The lowest BCUT2D eigenvalue weighted by Crippen LogP contribution is -2.31. The summed E-state index contributed by atoms with van der Waals surface area (Å²) in [5, 5.41) is 10.1. The molecule has 1 N–H and O–H groups in total. The van der Waals surface area contributed by atoms with Crippen LogP contribution in [0.15, 0.2) is 29.2 Å². The van der Waals surface area contributed by atoms with Crippen LogP contribution in [-0.4, -0.2) is 20.9 Å². The van der Waals surface area contributed by atoms with Crippen LogP contribution in [-0.2, 0) is 14.8 Å². The summed E-state index contributed by atoms with van der Waals surface area (Å²) in [6.45, 7) is -0.170. The van der Waals surface area contributed by atoms with Crippen LogP contribution >= 0.6 is 22.6 Å². The Morgan fingerprint density at radius 1 is 1.31 bits per heavy atom. The highest BCUT2D eigenvalue weighted by atomic mass is 127. The zero-order valence-corrected chi connectivity index (χ0v) is 11.1. The Balaban J connectivity index is 2.71. The lowest BCUT2D eigenvalue weighted by atomic mass is 10.4. The van der Waals surface area contributed by atoms with E-state index in [2.05, 4.69) is 27.3 Å². The normalized spacial score (nSPS) is 11.3. The van der Waals surface area contributed by atoms with E-state index in [4.69, 9.17) is 0 Å². The molecular formula is C9H9INO4S-. The predicted octanol–water partition coefficient (Wildman–Crippen LogP) is -0.291. The van der Waals surface area contributed by atoms with Gasteiger partial charge in [0.05, 0.1) is 4.90 Å². The summed E-state index contributed by atoms with van der Waals surface area (Å²) in [7, 11) is -3.62. The summed E-state index contributed by atoms with van der Waals surface area (Å²) < 4.78 is 26.3. The third kappa shape index (κ3) is 4.06. The van der Waals surface area contributed by atoms with Crippen molar-refractivity contribution in [2.75, 3.05) is 6.54 Å². The number of benzene rings is 1. The molecule has 0 aliphatic heterocycles. The zero-order chi connectivity index (χ0) is 12.2. The Kier molecular flexibility index (Phi) is 4.69. The van der Waals surface area contributed by atoms with Gasteiger partial charge in [-0.05, 0) is 46.9 Å². The molecule has 0 aliphatic rings. The standard InChI is InChI=1S/C9H10INO4S/c10-7-1-3-8(4-2-7)16(14,15)11-6-5-9(12)13/h1-4,11H,5-6H2,(H,12,13)/p-1. The van der Waals surface area contributed by atoms with Crippen molar-refractivity contribution in [1.82, 2.24) is 4.72 Å². The second-order valence-electron chi connectivity index (χ2n) is 2.97. The van der Waals surface area contributed by atoms with Gasteiger partial charge in [-0.1, -0.05) is 0 Å². The number of rotatable bonds is 5. The summed E-state index contributed by atoms with van der Waals surface area (Å²) in [5.41, 5.74) is 0. The molecular weight excluding hydrogens is 345 g/mol. The predicted molar refractivity (Wildman–Crippen MR) is 64.0 cm³/mol. The minimum absolute atomic E-state index is 0.117. The highest BCUT2D eigenvalue weighted by molar-refractivity contribution is 14.1. The third-order valence-electron chi connectivity index (χ3n) is 1.75. The fraction of sp³-hybridized carbons (Fsp3) is 0.222. The van der Waals surface area contributed by atoms with Gasteiger partial charge in [-0.3, -0.25) is 0 Å². The first-order valence-corrected chi connectivity index (χ1v) is 6.93. The lowest BCUT2D eigenvalue weighted by molar-refractivity contribution is -0.305. The SMILES string of the molecule is O=C([O-])CCNS(=O)(=O)c1ccc(I)cc1. The first kappa shape index (κ1) is 13.4. The van der Waals surface area contributed by atoms with Crippen LogP contribution in [0.3, 0.4) is 0 Å². The Morgan fingerprint density at radius 3 is 2.38 bits per heavy atom. The van der Waals surface area contributed by atoms with Gasteiger partial charge in [-0.25, -0.2) is 13.1 Å². The summed E-state index contributed by atoms with van der Waals surface area (Å²) in [4.78, 5) is 10.2. The lowest BCUT2D eigenvalue weighted by Gasteiger charge is -2.06. The molecule has 88 valence electrons. The van der Waals surface area contributed by atoms with E-state index in [0.29, 0.717) is 0 Å². The molecule has 0 aromatic heterocycles. The third-order valence-corrected chi connectivity index (χ3v) is 3.94. The highest BCUT2D eigenvalue weighted by Crippen LogP contribution is 2.11. The summed E-state index contributed by atoms with van der Waals surface area (Å²) in [5.74, 6) is -1.29. The number of hydrogen-bond acceptors (Lipinski definition) is 4. The van der Waals surface area contributed by atoms with E-state index >= 15 is 0 Å². The van der Waals surface area contributed by atoms with Crippen LogP contribution < -0.4 is 9.83 Å². The monoisotopic (exact) mass is 354 g/mol. The van der Waals surface area contributed by atoms with Gasteiger partial charge in [0.2, 0.25) is 10.0 Å². The highest BCUT2D eigenvalue weighted by Gasteiger charge is 2.12. The number of carboxylic acid groups (broad SMARTS) is 1. The van der Waals surface area contributed by atoms with Gasteiger partial charge >= 0.3 is 0 Å². The molecule has 0 spiro atoms. The molecule has 0 aliphatic carbocycles. The molecule has 5 nitrogen and oxygen atoms in total. The number of carbonyl (C=O) groups excluding carboxylic acids is 1. The molecule has 0 heterocycles. The maximum atomic E-state index is 11.6. The van der Waals surface area contributed by atoms with Crippen molar-refractivity contribution in [1.29, 1.82) is 0 Å². The van der Waals surface area contributed by atoms with Crippen molar-refractivity contribution in [3.8, 4) is 0 Å². The average Bonchev–Trinajstić information content (AvgIpc) is 2.17. The molecule has 0 saturated carbocycles. The number of halogens is 1. The molecule has 0 radical (unpaired) electrons. The van der Waals surface area contributed by atoms with E-state index < -0.39 is 16.0 Å².